The van der Waals surface area contributed by atoms with Crippen LogP contribution in [0.15, 0.2) is 28.8 Å². The highest BCUT2D eigenvalue weighted by Crippen LogP contribution is 2.29. The van der Waals surface area contributed by atoms with Crippen LogP contribution in [0.4, 0.5) is 4.79 Å². The van der Waals surface area contributed by atoms with E-state index < -0.39 is 6.04 Å². The maximum Gasteiger partial charge on any atom is 0.325 e. The fraction of sp³-hybridized carbons (Fsp3) is 0.500. The highest BCUT2D eigenvalue weighted by Gasteiger charge is 2.39. The molecule has 2 aromatic rings. The topological polar surface area (TPSA) is 75.4 Å². The van der Waals surface area contributed by atoms with Crippen LogP contribution in [0, 0.1) is 5.92 Å². The number of fused-ring (bicyclic) bond motifs is 1. The molecule has 1 atom stereocenters. The summed E-state index contributed by atoms with van der Waals surface area (Å²) in [6, 6.07) is 6.75. The van der Waals surface area contributed by atoms with Gasteiger partial charge in [-0.15, -0.1) is 0 Å². The number of imide groups is 1. The predicted octanol–water partition coefficient (Wildman–Crippen LogP) is 3.22. The van der Waals surface area contributed by atoms with Crippen molar-refractivity contribution in [1.29, 1.82) is 0 Å². The zero-order chi connectivity index (χ0) is 16.5. The number of carbonyl (C=O) groups is 2. The van der Waals surface area contributed by atoms with Crippen molar-refractivity contribution in [3.05, 3.63) is 30.0 Å². The van der Waals surface area contributed by atoms with Gasteiger partial charge in [-0.25, -0.2) is 4.79 Å². The van der Waals surface area contributed by atoms with Gasteiger partial charge >= 0.3 is 6.03 Å². The zero-order valence-electron chi connectivity index (χ0n) is 13.5. The van der Waals surface area contributed by atoms with E-state index in [9.17, 15) is 9.59 Å². The standard InChI is InChI=1S/C18H21N3O3/c22-17-14(10-12-6-2-1-3-7-12)19-18(23)21(17)11-15-13-8-4-5-9-16(13)24-20-15/h4-5,8-9,12,14H,1-3,6-7,10-11H2,(H,19,23)/t14-/m0/s1. The summed E-state index contributed by atoms with van der Waals surface area (Å²) in [5.41, 5.74) is 1.28. The molecule has 24 heavy (non-hydrogen) atoms. The van der Waals surface area contributed by atoms with Crippen molar-refractivity contribution >= 4 is 22.9 Å². The van der Waals surface area contributed by atoms with E-state index >= 15 is 0 Å². The molecule has 0 bridgehead atoms. The first-order valence-electron chi connectivity index (χ1n) is 8.67. The highest BCUT2D eigenvalue weighted by atomic mass is 16.5. The van der Waals surface area contributed by atoms with E-state index in [-0.39, 0.29) is 18.5 Å². The third-order valence-corrected chi connectivity index (χ3v) is 5.16. The van der Waals surface area contributed by atoms with Crippen molar-refractivity contribution in [1.82, 2.24) is 15.4 Å². The summed E-state index contributed by atoms with van der Waals surface area (Å²) in [5, 5.41) is 7.70. The quantitative estimate of drug-likeness (QED) is 0.875. The minimum Gasteiger partial charge on any atom is -0.356 e. The van der Waals surface area contributed by atoms with Crippen LogP contribution >= 0.6 is 0 Å². The fourth-order valence-electron chi connectivity index (χ4n) is 3.84. The van der Waals surface area contributed by atoms with Gasteiger partial charge in [-0.2, -0.15) is 0 Å². The number of benzene rings is 1. The van der Waals surface area contributed by atoms with E-state index in [4.69, 9.17) is 4.52 Å². The second kappa shape index (κ2) is 6.26. The summed E-state index contributed by atoms with van der Waals surface area (Å²) in [6.45, 7) is 0.156. The fourth-order valence-corrected chi connectivity index (χ4v) is 3.84. The molecule has 2 fully saturated rings. The second-order valence-electron chi connectivity index (χ2n) is 6.79. The smallest absolute Gasteiger partial charge is 0.325 e. The lowest BCUT2D eigenvalue weighted by Crippen LogP contribution is -2.32. The lowest BCUT2D eigenvalue weighted by Gasteiger charge is -2.23. The zero-order valence-corrected chi connectivity index (χ0v) is 13.5. The van der Waals surface area contributed by atoms with Gasteiger partial charge in [0.25, 0.3) is 5.91 Å². The average Bonchev–Trinajstić information content (AvgIpc) is 3.13. The lowest BCUT2D eigenvalue weighted by molar-refractivity contribution is -0.128. The first-order valence-corrected chi connectivity index (χ1v) is 8.67. The maximum atomic E-state index is 12.6. The molecular formula is C18H21N3O3. The maximum absolute atomic E-state index is 12.6. The van der Waals surface area contributed by atoms with Gasteiger partial charge in [0.05, 0.1) is 6.54 Å². The van der Waals surface area contributed by atoms with Crippen LogP contribution in [-0.2, 0) is 11.3 Å². The van der Waals surface area contributed by atoms with Crippen molar-refractivity contribution in [2.24, 2.45) is 5.92 Å². The van der Waals surface area contributed by atoms with Gasteiger partial charge in [0.15, 0.2) is 5.58 Å². The Bertz CT molecular complexity index is 764. The minimum atomic E-state index is -0.390. The lowest BCUT2D eigenvalue weighted by atomic mass is 9.85. The summed E-state index contributed by atoms with van der Waals surface area (Å²) < 4.78 is 5.26. The van der Waals surface area contributed by atoms with Gasteiger partial charge in [0.1, 0.15) is 11.7 Å². The van der Waals surface area contributed by atoms with E-state index in [1.54, 1.807) is 0 Å². The molecule has 2 aliphatic rings. The molecule has 4 rings (SSSR count). The molecule has 0 unspecified atom stereocenters. The molecule has 1 aliphatic carbocycles. The number of urea groups is 1. The molecule has 1 aromatic carbocycles. The van der Waals surface area contributed by atoms with Gasteiger partial charge in [-0.3, -0.25) is 9.69 Å². The molecule has 1 aliphatic heterocycles. The van der Waals surface area contributed by atoms with E-state index in [0.717, 1.165) is 24.6 Å². The van der Waals surface area contributed by atoms with Gasteiger partial charge in [0, 0.05) is 5.39 Å². The SMILES string of the molecule is O=C1N[C@@H](CC2CCCCC2)C(=O)N1Cc1noc2ccccc12. The Morgan fingerprint density at radius 3 is 2.79 bits per heavy atom. The van der Waals surface area contributed by atoms with Gasteiger partial charge in [-0.1, -0.05) is 49.4 Å². The number of nitrogens with zero attached hydrogens (tertiary/aromatic N) is 2. The summed E-state index contributed by atoms with van der Waals surface area (Å²) in [6.07, 6.45) is 6.82. The molecular weight excluding hydrogens is 306 g/mol. The Kier molecular flexibility index (Phi) is 3.96. The van der Waals surface area contributed by atoms with E-state index in [1.807, 2.05) is 24.3 Å². The first kappa shape index (κ1) is 15.2. The molecule has 0 spiro atoms. The number of carbonyl (C=O) groups excluding carboxylic acids is 2. The van der Waals surface area contributed by atoms with Crippen LogP contribution < -0.4 is 5.32 Å². The minimum absolute atomic E-state index is 0.141. The number of hydrogen-bond donors (Lipinski definition) is 1. The largest absolute Gasteiger partial charge is 0.356 e. The number of hydrogen-bond acceptors (Lipinski definition) is 4. The van der Waals surface area contributed by atoms with E-state index in [0.29, 0.717) is 17.2 Å². The molecule has 1 N–H and O–H groups in total. The molecule has 0 radical (unpaired) electrons. The van der Waals surface area contributed by atoms with Crippen LogP contribution in [0.1, 0.15) is 44.2 Å². The number of nitrogens with one attached hydrogen (secondary N) is 1. The van der Waals surface area contributed by atoms with Gasteiger partial charge in [0.2, 0.25) is 0 Å². The summed E-state index contributed by atoms with van der Waals surface area (Å²) >= 11 is 0. The first-order chi connectivity index (χ1) is 11.7. The van der Waals surface area contributed by atoms with Crippen LogP contribution in [0.2, 0.25) is 0 Å². The number of rotatable bonds is 4. The monoisotopic (exact) mass is 327 g/mol. The van der Waals surface area contributed by atoms with E-state index in [2.05, 4.69) is 10.5 Å². The van der Waals surface area contributed by atoms with Crippen LogP contribution in [0.25, 0.3) is 11.0 Å². The molecule has 1 saturated heterocycles. The van der Waals surface area contributed by atoms with Gasteiger partial charge in [-0.05, 0) is 24.5 Å². The van der Waals surface area contributed by atoms with Crippen molar-refractivity contribution < 1.29 is 14.1 Å². The number of para-hydroxylation sites is 1. The Balaban J connectivity index is 1.47. The molecule has 3 amide bonds. The van der Waals surface area contributed by atoms with Crippen molar-refractivity contribution in [2.45, 2.75) is 51.1 Å². The molecule has 1 saturated carbocycles. The molecule has 126 valence electrons. The summed E-state index contributed by atoms with van der Waals surface area (Å²) in [7, 11) is 0. The highest BCUT2D eigenvalue weighted by molar-refractivity contribution is 6.04. The Hall–Kier alpha value is -2.37. The Morgan fingerprint density at radius 2 is 1.96 bits per heavy atom. The predicted molar refractivity (Wildman–Crippen MR) is 88.1 cm³/mol. The normalized spacial score (nSPS) is 22.3. The Labute approximate surface area is 140 Å². The van der Waals surface area contributed by atoms with Crippen molar-refractivity contribution in [3.63, 3.8) is 0 Å². The third-order valence-electron chi connectivity index (χ3n) is 5.16. The summed E-state index contributed by atoms with van der Waals surface area (Å²) in [4.78, 5) is 26.1. The second-order valence-corrected chi connectivity index (χ2v) is 6.79. The van der Waals surface area contributed by atoms with Crippen molar-refractivity contribution in [3.8, 4) is 0 Å². The molecule has 2 heterocycles. The molecule has 6 heteroatoms. The Morgan fingerprint density at radius 1 is 1.17 bits per heavy atom. The van der Waals surface area contributed by atoms with Crippen LogP contribution in [0.3, 0.4) is 0 Å². The van der Waals surface area contributed by atoms with Crippen LogP contribution in [0.5, 0.6) is 0 Å². The average molecular weight is 327 g/mol. The summed E-state index contributed by atoms with van der Waals surface area (Å²) in [5.74, 6) is 0.401. The molecule has 6 nitrogen and oxygen atoms in total. The number of amides is 3. The van der Waals surface area contributed by atoms with Crippen LogP contribution in [-0.4, -0.2) is 28.0 Å². The van der Waals surface area contributed by atoms with Gasteiger partial charge < -0.3 is 9.84 Å². The van der Waals surface area contributed by atoms with E-state index in [1.165, 1.54) is 24.2 Å². The van der Waals surface area contributed by atoms with Crippen molar-refractivity contribution in [2.75, 3.05) is 0 Å². The number of aromatic nitrogens is 1. The molecule has 1 aromatic heterocycles. The third kappa shape index (κ3) is 2.77.